The molecule has 0 aliphatic rings. The Labute approximate surface area is 84.6 Å². The molecule has 2 rings (SSSR count). The number of aromatic amines is 1. The maximum Gasteiger partial charge on any atom is 0.349 e. The minimum atomic E-state index is -1.10. The van der Waals surface area contributed by atoms with E-state index in [9.17, 15) is 13.6 Å². The highest BCUT2D eigenvalue weighted by molar-refractivity contribution is 5.74. The number of nitrogens with one attached hydrogen (secondary N) is 1. The van der Waals surface area contributed by atoms with Crippen LogP contribution in [0.15, 0.2) is 11.0 Å². The molecule has 4 nitrogen and oxygen atoms in total. The Bertz CT molecular complexity index is 530. The van der Waals surface area contributed by atoms with E-state index in [1.807, 2.05) is 18.8 Å². The van der Waals surface area contributed by atoms with Crippen molar-refractivity contribution in [2.45, 2.75) is 13.8 Å². The number of hydrogen-bond donors (Lipinski definition) is 1. The summed E-state index contributed by atoms with van der Waals surface area (Å²) in [6.07, 6.45) is 1.19. The first-order chi connectivity index (χ1) is 7.09. The van der Waals surface area contributed by atoms with Gasteiger partial charge in [-0.3, -0.25) is 0 Å². The number of aryl methyl sites for hydroxylation is 1. The molecular weight excluding hydrogens is 204 g/mol. The molecule has 0 bridgehead atoms. The summed E-state index contributed by atoms with van der Waals surface area (Å²) in [6.45, 7) is 4.00. The first-order valence-electron chi connectivity index (χ1n) is 4.50. The van der Waals surface area contributed by atoms with Crippen LogP contribution >= 0.6 is 0 Å². The largest absolute Gasteiger partial charge is 0.349 e. The molecule has 0 aromatic carbocycles. The van der Waals surface area contributed by atoms with Crippen LogP contribution in [0.1, 0.15) is 13.8 Å². The van der Waals surface area contributed by atoms with Gasteiger partial charge < -0.3 is 9.55 Å². The topological polar surface area (TPSA) is 50.7 Å². The van der Waals surface area contributed by atoms with E-state index in [4.69, 9.17) is 0 Å². The maximum atomic E-state index is 12.9. The molecule has 0 atom stereocenters. The molecule has 0 amide bonds. The van der Waals surface area contributed by atoms with Gasteiger partial charge >= 0.3 is 5.69 Å². The maximum absolute atomic E-state index is 12.9. The molecule has 2 aromatic heterocycles. The Hall–Kier alpha value is -1.72. The summed E-state index contributed by atoms with van der Waals surface area (Å²) in [7, 11) is 1.42. The van der Waals surface area contributed by atoms with Gasteiger partial charge in [-0.05, 0) is 0 Å². The molecule has 82 valence electrons. The van der Waals surface area contributed by atoms with E-state index < -0.39 is 17.5 Å². The van der Waals surface area contributed by atoms with Gasteiger partial charge in [-0.1, -0.05) is 13.8 Å². The van der Waals surface area contributed by atoms with Crippen molar-refractivity contribution in [1.82, 2.24) is 14.5 Å². The van der Waals surface area contributed by atoms with Gasteiger partial charge in [0.05, 0.1) is 5.39 Å². The highest BCUT2D eigenvalue weighted by Gasteiger charge is 2.12. The van der Waals surface area contributed by atoms with Crippen molar-refractivity contribution >= 4 is 11.0 Å². The molecule has 2 aromatic rings. The summed E-state index contributed by atoms with van der Waals surface area (Å²) >= 11 is 0. The normalized spacial score (nSPS) is 9.93. The number of hydrogen-bond acceptors (Lipinski definition) is 2. The third kappa shape index (κ3) is 1.88. The van der Waals surface area contributed by atoms with Crippen LogP contribution in [0, 0.1) is 11.8 Å². The first-order valence-corrected chi connectivity index (χ1v) is 4.50. The smallest absolute Gasteiger partial charge is 0.313 e. The number of nitrogens with zero attached hydrogens (tertiary/aromatic N) is 2. The minimum Gasteiger partial charge on any atom is -0.313 e. The van der Waals surface area contributed by atoms with Crippen molar-refractivity contribution in [3.8, 4) is 0 Å². The lowest BCUT2D eigenvalue weighted by Gasteiger charge is -1.93. The van der Waals surface area contributed by atoms with E-state index in [2.05, 4.69) is 4.98 Å². The van der Waals surface area contributed by atoms with E-state index in [1.165, 1.54) is 13.2 Å². The lowest BCUT2D eigenvalue weighted by Crippen LogP contribution is -2.18. The molecule has 1 N–H and O–H groups in total. The van der Waals surface area contributed by atoms with Gasteiger partial charge in [0.2, 0.25) is 5.95 Å². The van der Waals surface area contributed by atoms with Crippen LogP contribution in [0.5, 0.6) is 0 Å². The summed E-state index contributed by atoms with van der Waals surface area (Å²) in [6, 6.07) is 0. The van der Waals surface area contributed by atoms with Gasteiger partial charge in [0.15, 0.2) is 5.82 Å². The molecule has 0 saturated carbocycles. The summed E-state index contributed by atoms with van der Waals surface area (Å²) in [4.78, 5) is 16.4. The highest BCUT2D eigenvalue weighted by atomic mass is 19.2. The lowest BCUT2D eigenvalue weighted by atomic mass is 10.4. The lowest BCUT2D eigenvalue weighted by molar-refractivity contribution is 0.498. The van der Waals surface area contributed by atoms with Crippen molar-refractivity contribution in [3.63, 3.8) is 0 Å². The molecule has 15 heavy (non-hydrogen) atoms. The monoisotopic (exact) mass is 215 g/mol. The second kappa shape index (κ2) is 4.20. The third-order valence-electron chi connectivity index (χ3n) is 1.74. The van der Waals surface area contributed by atoms with Crippen molar-refractivity contribution in [2.24, 2.45) is 7.05 Å². The van der Waals surface area contributed by atoms with Crippen LogP contribution in [-0.4, -0.2) is 14.5 Å². The Balaban J connectivity index is 0.000000531. The van der Waals surface area contributed by atoms with E-state index in [1.54, 1.807) is 0 Å². The van der Waals surface area contributed by atoms with Crippen molar-refractivity contribution in [2.75, 3.05) is 0 Å². The molecule has 6 heteroatoms. The molecule has 0 spiro atoms. The van der Waals surface area contributed by atoms with E-state index >= 15 is 0 Å². The molecule has 0 aliphatic heterocycles. The summed E-state index contributed by atoms with van der Waals surface area (Å²) in [5.74, 6) is -2.12. The fourth-order valence-electron chi connectivity index (χ4n) is 1.08. The fourth-order valence-corrected chi connectivity index (χ4v) is 1.08. The molecule has 0 aliphatic carbocycles. The van der Waals surface area contributed by atoms with E-state index in [0.29, 0.717) is 0 Å². The predicted octanol–water partition coefficient (Wildman–Crippen LogP) is 1.57. The number of aromatic nitrogens is 3. The molecule has 0 saturated heterocycles. The predicted molar refractivity (Wildman–Crippen MR) is 52.6 cm³/mol. The average molecular weight is 215 g/mol. The number of fused-ring (bicyclic) bond motifs is 1. The van der Waals surface area contributed by atoms with Crippen LogP contribution < -0.4 is 5.69 Å². The van der Waals surface area contributed by atoms with E-state index in [0.717, 1.165) is 4.57 Å². The summed E-state index contributed by atoms with van der Waals surface area (Å²) in [5, 5.41) is -0.0281. The molecule has 0 fully saturated rings. The standard InChI is InChI=1S/C7H5F2N3O.C2H6/c1-12-2-3-4(8)5(9)10-6(3)11-7(12)13;1-2/h2H,1H3,(H,10,11,13);1-2H3. The Morgan fingerprint density at radius 2 is 2.00 bits per heavy atom. The van der Waals surface area contributed by atoms with Crippen LogP contribution in [0.25, 0.3) is 11.0 Å². The number of halogens is 2. The molecule has 0 unspecified atom stereocenters. The van der Waals surface area contributed by atoms with Crippen molar-refractivity contribution in [1.29, 1.82) is 0 Å². The zero-order chi connectivity index (χ0) is 11.6. The minimum absolute atomic E-state index is 0.0281. The van der Waals surface area contributed by atoms with Crippen LogP contribution in [-0.2, 0) is 7.05 Å². The van der Waals surface area contributed by atoms with E-state index in [-0.39, 0.29) is 11.0 Å². The van der Waals surface area contributed by atoms with Crippen LogP contribution in [0.4, 0.5) is 8.78 Å². The van der Waals surface area contributed by atoms with Crippen molar-refractivity contribution < 1.29 is 8.78 Å². The summed E-state index contributed by atoms with van der Waals surface area (Å²) < 4.78 is 26.6. The van der Waals surface area contributed by atoms with Gasteiger partial charge in [-0.2, -0.15) is 9.37 Å². The molecule has 2 heterocycles. The zero-order valence-electron chi connectivity index (χ0n) is 8.64. The number of H-pyrrole nitrogens is 1. The Morgan fingerprint density at radius 3 is 2.60 bits per heavy atom. The Kier molecular flexibility index (Phi) is 3.18. The Morgan fingerprint density at radius 1 is 1.40 bits per heavy atom. The SMILES string of the molecule is CC.Cn1cc2c(F)c(F)[nH]c2nc1=O. The van der Waals surface area contributed by atoms with Gasteiger partial charge in [0.25, 0.3) is 0 Å². The van der Waals surface area contributed by atoms with Crippen LogP contribution in [0.3, 0.4) is 0 Å². The second-order valence-corrected chi connectivity index (χ2v) is 2.65. The second-order valence-electron chi connectivity index (χ2n) is 2.65. The van der Waals surface area contributed by atoms with Crippen LogP contribution in [0.2, 0.25) is 0 Å². The average Bonchev–Trinajstić information content (AvgIpc) is 2.49. The highest BCUT2D eigenvalue weighted by Crippen LogP contribution is 2.15. The van der Waals surface area contributed by atoms with Gasteiger partial charge in [0, 0.05) is 13.2 Å². The van der Waals surface area contributed by atoms with Gasteiger partial charge in [-0.25, -0.2) is 9.18 Å². The van der Waals surface area contributed by atoms with Gasteiger partial charge in [-0.15, -0.1) is 0 Å². The first kappa shape index (κ1) is 11.4. The van der Waals surface area contributed by atoms with Gasteiger partial charge in [0.1, 0.15) is 5.65 Å². The molecular formula is C9H11F2N3O. The zero-order valence-corrected chi connectivity index (χ0v) is 8.64. The summed E-state index contributed by atoms with van der Waals surface area (Å²) in [5.41, 5.74) is -0.633. The number of rotatable bonds is 0. The quantitative estimate of drug-likeness (QED) is 0.725. The van der Waals surface area contributed by atoms with Crippen molar-refractivity contribution in [3.05, 3.63) is 28.4 Å². The molecule has 0 radical (unpaired) electrons. The fraction of sp³-hybridized carbons (Fsp3) is 0.333. The third-order valence-corrected chi connectivity index (χ3v) is 1.74.